The van der Waals surface area contributed by atoms with Crippen LogP contribution in [0.2, 0.25) is 0 Å². The Morgan fingerprint density at radius 1 is 1.14 bits per heavy atom. The molecule has 2 rings (SSSR count). The minimum Gasteiger partial charge on any atom is -0.477 e. The van der Waals surface area contributed by atoms with Crippen molar-refractivity contribution in [2.75, 3.05) is 18.5 Å². The Morgan fingerprint density at radius 2 is 1.76 bits per heavy atom. The maximum atomic E-state index is 13.0. The molecule has 0 bridgehead atoms. The van der Waals surface area contributed by atoms with E-state index in [2.05, 4.69) is 5.32 Å². The quantitative estimate of drug-likeness (QED) is 0.564. The monoisotopic (exact) mass is 403 g/mol. The minimum absolute atomic E-state index is 0.0320. The summed E-state index contributed by atoms with van der Waals surface area (Å²) in [5, 5.41) is 13.6. The number of hydrogen-bond acceptors (Lipinski definition) is 5. The molecule has 0 aliphatic carbocycles. The third-order valence-electron chi connectivity index (χ3n) is 3.95. The number of nitro groups is 1. The molecule has 0 aliphatic rings. The molecule has 2 aromatic rings. The van der Waals surface area contributed by atoms with Gasteiger partial charge in [-0.25, -0.2) is 4.39 Å². The average Bonchev–Trinajstić information content (AvgIpc) is 2.65. The molecular formula is C20H22FN3O5. The lowest BCUT2D eigenvalue weighted by Gasteiger charge is -2.35. The fourth-order valence-electron chi connectivity index (χ4n) is 2.52. The van der Waals surface area contributed by atoms with Gasteiger partial charge in [0.15, 0.2) is 12.4 Å². The molecule has 0 atom stereocenters. The molecule has 0 aliphatic heterocycles. The molecule has 0 spiro atoms. The van der Waals surface area contributed by atoms with E-state index in [0.717, 1.165) is 0 Å². The first-order valence-electron chi connectivity index (χ1n) is 8.80. The summed E-state index contributed by atoms with van der Waals surface area (Å²) in [5.74, 6) is -1.44. The van der Waals surface area contributed by atoms with Crippen molar-refractivity contribution in [2.24, 2.45) is 0 Å². The second-order valence-electron chi connectivity index (χ2n) is 7.22. The molecule has 9 heteroatoms. The zero-order valence-electron chi connectivity index (χ0n) is 16.3. The second-order valence-corrected chi connectivity index (χ2v) is 7.22. The highest BCUT2D eigenvalue weighted by atomic mass is 19.1. The maximum absolute atomic E-state index is 13.0. The molecule has 0 heterocycles. The third-order valence-corrected chi connectivity index (χ3v) is 3.95. The first kappa shape index (κ1) is 21.8. The molecular weight excluding hydrogens is 381 g/mol. The van der Waals surface area contributed by atoms with Crippen molar-refractivity contribution in [2.45, 2.75) is 26.3 Å². The number of halogens is 1. The third kappa shape index (κ3) is 6.27. The Kier molecular flexibility index (Phi) is 6.87. The first-order valence-corrected chi connectivity index (χ1v) is 8.80. The zero-order valence-corrected chi connectivity index (χ0v) is 16.3. The number of para-hydroxylation sites is 2. The summed E-state index contributed by atoms with van der Waals surface area (Å²) in [6, 6.07) is 11.0. The van der Waals surface area contributed by atoms with E-state index in [0.29, 0.717) is 5.69 Å². The van der Waals surface area contributed by atoms with Crippen LogP contribution in [0.1, 0.15) is 20.8 Å². The second kappa shape index (κ2) is 9.13. The maximum Gasteiger partial charge on any atom is 0.310 e. The van der Waals surface area contributed by atoms with E-state index in [1.165, 1.54) is 47.4 Å². The number of ether oxygens (including phenoxy) is 1. The molecule has 0 radical (unpaired) electrons. The fraction of sp³-hybridized carbons (Fsp3) is 0.300. The Bertz CT molecular complexity index is 894. The van der Waals surface area contributed by atoms with Gasteiger partial charge in [-0.3, -0.25) is 19.7 Å². The fourth-order valence-corrected chi connectivity index (χ4v) is 2.52. The number of carbonyl (C=O) groups excluding carboxylic acids is 2. The molecule has 0 saturated carbocycles. The standard InChI is InChI=1S/C20H22FN3O5/c1-20(2,3)23(12-18(25)22-15-10-8-14(21)9-11-15)19(26)13-29-17-7-5-4-6-16(17)24(27)28/h4-11H,12-13H2,1-3H3,(H,22,25). The van der Waals surface area contributed by atoms with E-state index >= 15 is 0 Å². The highest BCUT2D eigenvalue weighted by molar-refractivity contribution is 5.94. The topological polar surface area (TPSA) is 102 Å². The van der Waals surface area contributed by atoms with Crippen LogP contribution in [0.15, 0.2) is 48.5 Å². The van der Waals surface area contributed by atoms with Gasteiger partial charge in [0, 0.05) is 17.3 Å². The molecule has 8 nitrogen and oxygen atoms in total. The molecule has 0 aromatic heterocycles. The minimum atomic E-state index is -0.705. The lowest BCUT2D eigenvalue weighted by Crippen LogP contribution is -2.51. The first-order chi connectivity index (χ1) is 13.6. The smallest absolute Gasteiger partial charge is 0.310 e. The van der Waals surface area contributed by atoms with Crippen molar-refractivity contribution < 1.29 is 23.6 Å². The van der Waals surface area contributed by atoms with Crippen molar-refractivity contribution in [1.29, 1.82) is 0 Å². The molecule has 2 aromatic carbocycles. The largest absolute Gasteiger partial charge is 0.477 e. The summed E-state index contributed by atoms with van der Waals surface area (Å²) >= 11 is 0. The Morgan fingerprint density at radius 3 is 2.34 bits per heavy atom. The van der Waals surface area contributed by atoms with E-state index < -0.39 is 34.7 Å². The highest BCUT2D eigenvalue weighted by Crippen LogP contribution is 2.26. The van der Waals surface area contributed by atoms with Crippen LogP contribution in [0.3, 0.4) is 0 Å². The van der Waals surface area contributed by atoms with Gasteiger partial charge < -0.3 is 15.0 Å². The summed E-state index contributed by atoms with van der Waals surface area (Å²) in [4.78, 5) is 36.8. The molecule has 29 heavy (non-hydrogen) atoms. The van der Waals surface area contributed by atoms with Crippen LogP contribution in [0.4, 0.5) is 15.8 Å². The summed E-state index contributed by atoms with van der Waals surface area (Å²) in [6.07, 6.45) is 0. The number of anilines is 1. The van der Waals surface area contributed by atoms with Gasteiger partial charge in [-0.1, -0.05) is 12.1 Å². The number of nitrogens with one attached hydrogen (secondary N) is 1. The summed E-state index contributed by atoms with van der Waals surface area (Å²) < 4.78 is 18.3. The van der Waals surface area contributed by atoms with E-state index in [4.69, 9.17) is 4.74 Å². The number of amides is 2. The normalized spacial score (nSPS) is 10.9. The number of nitro benzene ring substituents is 1. The van der Waals surface area contributed by atoms with Gasteiger partial charge in [0.2, 0.25) is 5.91 Å². The van der Waals surface area contributed by atoms with Crippen LogP contribution >= 0.6 is 0 Å². The van der Waals surface area contributed by atoms with Gasteiger partial charge in [-0.15, -0.1) is 0 Å². The Balaban J connectivity index is 2.05. The van der Waals surface area contributed by atoms with E-state index in [9.17, 15) is 24.1 Å². The van der Waals surface area contributed by atoms with Crippen LogP contribution in [0.25, 0.3) is 0 Å². The van der Waals surface area contributed by atoms with Crippen molar-refractivity contribution in [3.05, 3.63) is 64.5 Å². The zero-order chi connectivity index (χ0) is 21.6. The van der Waals surface area contributed by atoms with Crippen LogP contribution in [0.5, 0.6) is 5.75 Å². The average molecular weight is 403 g/mol. The van der Waals surface area contributed by atoms with Gasteiger partial charge in [0.1, 0.15) is 12.4 Å². The highest BCUT2D eigenvalue weighted by Gasteiger charge is 2.29. The molecule has 1 N–H and O–H groups in total. The predicted octanol–water partition coefficient (Wildman–Crippen LogP) is 3.38. The lowest BCUT2D eigenvalue weighted by molar-refractivity contribution is -0.385. The van der Waals surface area contributed by atoms with Crippen LogP contribution in [-0.2, 0) is 9.59 Å². The van der Waals surface area contributed by atoms with Crippen molar-refractivity contribution in [3.8, 4) is 5.75 Å². The van der Waals surface area contributed by atoms with Crippen molar-refractivity contribution >= 4 is 23.2 Å². The summed E-state index contributed by atoms with van der Waals surface area (Å²) in [7, 11) is 0. The van der Waals surface area contributed by atoms with E-state index in [1.54, 1.807) is 26.8 Å². The van der Waals surface area contributed by atoms with Crippen molar-refractivity contribution in [1.82, 2.24) is 4.90 Å². The van der Waals surface area contributed by atoms with Crippen LogP contribution in [0, 0.1) is 15.9 Å². The summed E-state index contributed by atoms with van der Waals surface area (Å²) in [6.45, 7) is 4.52. The van der Waals surface area contributed by atoms with Crippen LogP contribution in [-0.4, -0.2) is 40.3 Å². The van der Waals surface area contributed by atoms with Gasteiger partial charge in [-0.05, 0) is 51.1 Å². The molecule has 0 saturated heterocycles. The molecule has 0 fully saturated rings. The lowest BCUT2D eigenvalue weighted by atomic mass is 10.1. The predicted molar refractivity (Wildman–Crippen MR) is 105 cm³/mol. The van der Waals surface area contributed by atoms with E-state index in [-0.39, 0.29) is 18.0 Å². The molecule has 154 valence electrons. The van der Waals surface area contributed by atoms with Crippen molar-refractivity contribution in [3.63, 3.8) is 0 Å². The number of hydrogen-bond donors (Lipinski definition) is 1. The summed E-state index contributed by atoms with van der Waals surface area (Å²) in [5.41, 5.74) is -0.561. The number of rotatable bonds is 7. The SMILES string of the molecule is CC(C)(C)N(CC(=O)Nc1ccc(F)cc1)C(=O)COc1ccccc1[N+](=O)[O-]. The molecule has 0 unspecified atom stereocenters. The number of benzene rings is 2. The Hall–Kier alpha value is -3.49. The molecule has 2 amide bonds. The van der Waals surface area contributed by atoms with E-state index in [1.807, 2.05) is 0 Å². The number of nitrogens with zero attached hydrogens (tertiary/aromatic N) is 2. The van der Waals surface area contributed by atoms with Crippen LogP contribution < -0.4 is 10.1 Å². The van der Waals surface area contributed by atoms with Gasteiger partial charge in [0.05, 0.1) is 4.92 Å². The van der Waals surface area contributed by atoms with Gasteiger partial charge >= 0.3 is 5.69 Å². The Labute approximate surface area is 167 Å². The van der Waals surface area contributed by atoms with Gasteiger partial charge in [0.25, 0.3) is 5.91 Å². The van der Waals surface area contributed by atoms with Gasteiger partial charge in [-0.2, -0.15) is 0 Å². The number of carbonyl (C=O) groups is 2.